The van der Waals surface area contributed by atoms with Gasteiger partial charge in [0.05, 0.1) is 6.21 Å². The molecular weight excluding hydrogens is 344 g/mol. The van der Waals surface area contributed by atoms with Crippen LogP contribution in [-0.2, 0) is 4.79 Å². The third-order valence-electron chi connectivity index (χ3n) is 2.94. The average Bonchev–Trinajstić information content (AvgIpc) is 2.46. The average molecular weight is 361 g/mol. The lowest BCUT2D eigenvalue weighted by atomic mass is 10.1. The first-order chi connectivity index (χ1) is 10.5. The Kier molecular flexibility index (Phi) is 5.72. The van der Waals surface area contributed by atoms with E-state index in [9.17, 15) is 4.79 Å². The van der Waals surface area contributed by atoms with E-state index in [0.717, 1.165) is 21.2 Å². The van der Waals surface area contributed by atoms with Gasteiger partial charge in [-0.25, -0.2) is 5.43 Å². The van der Waals surface area contributed by atoms with E-state index in [-0.39, 0.29) is 12.5 Å². The lowest BCUT2D eigenvalue weighted by Gasteiger charge is -2.08. The van der Waals surface area contributed by atoms with Crippen LogP contribution in [-0.4, -0.2) is 18.7 Å². The van der Waals surface area contributed by atoms with Crippen LogP contribution in [0.5, 0.6) is 5.75 Å². The fraction of sp³-hybridized carbons (Fsp3) is 0.176. The standard InChI is InChI=1S/C17H17BrN2O2/c1-12-6-7-16(13(2)8-12)22-11-17(21)20-19-10-14-4-3-5-15(18)9-14/h3-10H,11H2,1-2H3,(H,20,21)/b19-10+. The Morgan fingerprint density at radius 1 is 1.27 bits per heavy atom. The molecule has 0 aromatic heterocycles. The number of carbonyl (C=O) groups is 1. The summed E-state index contributed by atoms with van der Waals surface area (Å²) in [6, 6.07) is 13.5. The van der Waals surface area contributed by atoms with E-state index in [1.54, 1.807) is 6.21 Å². The van der Waals surface area contributed by atoms with Crippen LogP contribution >= 0.6 is 15.9 Å². The number of ether oxygens (including phenoxy) is 1. The van der Waals surface area contributed by atoms with Gasteiger partial charge in [-0.2, -0.15) is 5.10 Å². The highest BCUT2D eigenvalue weighted by atomic mass is 79.9. The normalized spacial score (nSPS) is 10.7. The number of hydrogen-bond donors (Lipinski definition) is 1. The first-order valence-corrected chi connectivity index (χ1v) is 7.61. The summed E-state index contributed by atoms with van der Waals surface area (Å²) in [5, 5.41) is 3.91. The molecule has 0 radical (unpaired) electrons. The molecule has 2 aromatic carbocycles. The summed E-state index contributed by atoms with van der Waals surface area (Å²) in [7, 11) is 0. The molecule has 0 spiro atoms. The molecule has 2 aromatic rings. The number of rotatable bonds is 5. The van der Waals surface area contributed by atoms with Crippen molar-refractivity contribution < 1.29 is 9.53 Å². The first-order valence-electron chi connectivity index (χ1n) is 6.82. The van der Waals surface area contributed by atoms with Gasteiger partial charge in [-0.1, -0.05) is 45.8 Å². The third kappa shape index (κ3) is 5.00. The van der Waals surface area contributed by atoms with Gasteiger partial charge < -0.3 is 4.74 Å². The number of nitrogens with one attached hydrogen (secondary N) is 1. The Bertz CT molecular complexity index is 699. The van der Waals surface area contributed by atoms with Gasteiger partial charge in [0.2, 0.25) is 0 Å². The van der Waals surface area contributed by atoms with Gasteiger partial charge in [-0.05, 0) is 43.2 Å². The Labute approximate surface area is 138 Å². The Morgan fingerprint density at radius 2 is 2.09 bits per heavy atom. The first kappa shape index (κ1) is 16.2. The van der Waals surface area contributed by atoms with Gasteiger partial charge in [0.1, 0.15) is 5.75 Å². The van der Waals surface area contributed by atoms with Crippen LogP contribution in [0.2, 0.25) is 0 Å². The fourth-order valence-electron chi connectivity index (χ4n) is 1.90. The molecule has 0 atom stereocenters. The molecule has 0 aliphatic heterocycles. The second-order valence-electron chi connectivity index (χ2n) is 4.91. The minimum absolute atomic E-state index is 0.0697. The predicted octanol–water partition coefficient (Wildman–Crippen LogP) is 3.60. The van der Waals surface area contributed by atoms with Gasteiger partial charge in [-0.15, -0.1) is 0 Å². The van der Waals surface area contributed by atoms with E-state index >= 15 is 0 Å². The molecule has 0 unspecified atom stereocenters. The van der Waals surface area contributed by atoms with E-state index in [2.05, 4.69) is 26.5 Å². The van der Waals surface area contributed by atoms with Crippen molar-refractivity contribution in [2.24, 2.45) is 5.10 Å². The van der Waals surface area contributed by atoms with Crippen molar-refractivity contribution in [1.82, 2.24) is 5.43 Å². The molecule has 0 saturated heterocycles. The van der Waals surface area contributed by atoms with Gasteiger partial charge in [0.15, 0.2) is 6.61 Å². The molecule has 0 bridgehead atoms. The zero-order chi connectivity index (χ0) is 15.9. The second-order valence-corrected chi connectivity index (χ2v) is 5.82. The topological polar surface area (TPSA) is 50.7 Å². The number of hydrogen-bond acceptors (Lipinski definition) is 3. The number of nitrogens with zero attached hydrogens (tertiary/aromatic N) is 1. The van der Waals surface area contributed by atoms with Crippen LogP contribution in [0.4, 0.5) is 0 Å². The summed E-state index contributed by atoms with van der Waals surface area (Å²) < 4.78 is 6.44. The molecule has 22 heavy (non-hydrogen) atoms. The van der Waals surface area contributed by atoms with Crippen molar-refractivity contribution in [1.29, 1.82) is 0 Å². The van der Waals surface area contributed by atoms with Crippen molar-refractivity contribution in [2.75, 3.05) is 6.61 Å². The molecule has 0 fully saturated rings. The fourth-order valence-corrected chi connectivity index (χ4v) is 2.32. The molecule has 1 amide bonds. The molecule has 2 rings (SSSR count). The van der Waals surface area contributed by atoms with Crippen LogP contribution in [0.1, 0.15) is 16.7 Å². The van der Waals surface area contributed by atoms with Crippen molar-refractivity contribution in [3.05, 3.63) is 63.6 Å². The summed E-state index contributed by atoms with van der Waals surface area (Å²) in [4.78, 5) is 11.7. The van der Waals surface area contributed by atoms with Gasteiger partial charge >= 0.3 is 0 Å². The van der Waals surface area contributed by atoms with E-state index < -0.39 is 0 Å². The summed E-state index contributed by atoms with van der Waals surface area (Å²) in [5.74, 6) is 0.406. The SMILES string of the molecule is Cc1ccc(OCC(=O)N/N=C/c2cccc(Br)c2)c(C)c1. The van der Waals surface area contributed by atoms with E-state index in [1.807, 2.05) is 56.3 Å². The molecule has 114 valence electrons. The summed E-state index contributed by atoms with van der Waals surface area (Å²) in [6.07, 6.45) is 1.58. The van der Waals surface area contributed by atoms with Crippen LogP contribution in [0.25, 0.3) is 0 Å². The maximum atomic E-state index is 11.7. The highest BCUT2D eigenvalue weighted by molar-refractivity contribution is 9.10. The molecule has 5 heteroatoms. The van der Waals surface area contributed by atoms with Crippen molar-refractivity contribution >= 4 is 28.1 Å². The predicted molar refractivity (Wildman–Crippen MR) is 91.3 cm³/mol. The number of hydrazone groups is 1. The Balaban J connectivity index is 1.83. The molecule has 0 heterocycles. The molecular formula is C17H17BrN2O2. The quantitative estimate of drug-likeness (QED) is 0.654. The summed E-state index contributed by atoms with van der Waals surface area (Å²) in [5.41, 5.74) is 5.50. The molecule has 0 aliphatic rings. The van der Waals surface area contributed by atoms with Crippen LogP contribution < -0.4 is 10.2 Å². The zero-order valence-electron chi connectivity index (χ0n) is 12.5. The number of benzene rings is 2. The van der Waals surface area contributed by atoms with Crippen molar-refractivity contribution in [3.8, 4) is 5.75 Å². The molecule has 1 N–H and O–H groups in total. The van der Waals surface area contributed by atoms with E-state index in [1.165, 1.54) is 0 Å². The molecule has 0 saturated carbocycles. The van der Waals surface area contributed by atoms with Crippen molar-refractivity contribution in [3.63, 3.8) is 0 Å². The largest absolute Gasteiger partial charge is 0.483 e. The smallest absolute Gasteiger partial charge is 0.277 e. The third-order valence-corrected chi connectivity index (χ3v) is 3.43. The maximum Gasteiger partial charge on any atom is 0.277 e. The highest BCUT2D eigenvalue weighted by Crippen LogP contribution is 2.18. The minimum atomic E-state index is -0.300. The van der Waals surface area contributed by atoms with Gasteiger partial charge in [0.25, 0.3) is 5.91 Å². The lowest BCUT2D eigenvalue weighted by molar-refractivity contribution is -0.123. The maximum absolute atomic E-state index is 11.7. The summed E-state index contributed by atoms with van der Waals surface area (Å²) >= 11 is 3.38. The van der Waals surface area contributed by atoms with Gasteiger partial charge in [0, 0.05) is 4.47 Å². The van der Waals surface area contributed by atoms with Crippen LogP contribution in [0.3, 0.4) is 0 Å². The number of carbonyl (C=O) groups excluding carboxylic acids is 1. The Morgan fingerprint density at radius 3 is 2.82 bits per heavy atom. The molecule has 0 aliphatic carbocycles. The number of amides is 1. The van der Waals surface area contributed by atoms with Crippen LogP contribution in [0.15, 0.2) is 52.0 Å². The zero-order valence-corrected chi connectivity index (χ0v) is 14.1. The molecule has 4 nitrogen and oxygen atoms in total. The second kappa shape index (κ2) is 7.75. The summed E-state index contributed by atoms with van der Waals surface area (Å²) in [6.45, 7) is 3.89. The highest BCUT2D eigenvalue weighted by Gasteiger charge is 2.04. The van der Waals surface area contributed by atoms with Gasteiger partial charge in [-0.3, -0.25) is 4.79 Å². The number of aryl methyl sites for hydroxylation is 2. The monoisotopic (exact) mass is 360 g/mol. The lowest BCUT2D eigenvalue weighted by Crippen LogP contribution is -2.24. The van der Waals surface area contributed by atoms with Crippen LogP contribution in [0, 0.1) is 13.8 Å². The van der Waals surface area contributed by atoms with E-state index in [0.29, 0.717) is 5.75 Å². The minimum Gasteiger partial charge on any atom is -0.483 e. The van der Waals surface area contributed by atoms with E-state index in [4.69, 9.17) is 4.74 Å². The van der Waals surface area contributed by atoms with Crippen molar-refractivity contribution in [2.45, 2.75) is 13.8 Å². The Hall–Kier alpha value is -2.14. The number of halogens is 1.